The van der Waals surface area contributed by atoms with Crippen molar-refractivity contribution in [3.8, 4) is 0 Å². The predicted octanol–water partition coefficient (Wildman–Crippen LogP) is 1.02. The molecule has 5 heteroatoms. The summed E-state index contributed by atoms with van der Waals surface area (Å²) in [5, 5.41) is 0. The summed E-state index contributed by atoms with van der Waals surface area (Å²) < 4.78 is 21.6. The summed E-state index contributed by atoms with van der Waals surface area (Å²) >= 11 is 0. The molecule has 86 valence electrons. The van der Waals surface area contributed by atoms with Crippen LogP contribution in [0, 0.1) is 5.92 Å². The summed E-state index contributed by atoms with van der Waals surface area (Å²) in [5.74, 6) is -0.989. The van der Waals surface area contributed by atoms with Gasteiger partial charge in [-0.2, -0.15) is 0 Å². The van der Waals surface area contributed by atoms with Gasteiger partial charge < -0.3 is 18.9 Å². The van der Waals surface area contributed by atoms with Gasteiger partial charge in [-0.25, -0.2) is 0 Å². The Morgan fingerprint density at radius 2 is 2.00 bits per heavy atom. The van der Waals surface area contributed by atoms with E-state index in [9.17, 15) is 4.79 Å². The Bertz CT molecular complexity index is 275. The van der Waals surface area contributed by atoms with Gasteiger partial charge in [0.1, 0.15) is 6.10 Å². The van der Waals surface area contributed by atoms with Crippen LogP contribution in [0.1, 0.15) is 27.7 Å². The minimum absolute atomic E-state index is 0.0133. The van der Waals surface area contributed by atoms with Gasteiger partial charge in [-0.1, -0.05) is 6.92 Å². The predicted molar refractivity (Wildman–Crippen MR) is 49.6 cm³/mol. The third-order valence-corrected chi connectivity index (χ3v) is 2.59. The Balaban J connectivity index is 2.01. The first-order valence-electron chi connectivity index (χ1n) is 5.07. The molecule has 0 spiro atoms. The van der Waals surface area contributed by atoms with E-state index in [-0.39, 0.29) is 18.0 Å². The highest BCUT2D eigenvalue weighted by atomic mass is 16.9. The summed E-state index contributed by atoms with van der Waals surface area (Å²) in [6.07, 6.45) is -1.16. The second-order valence-electron chi connectivity index (χ2n) is 4.44. The van der Waals surface area contributed by atoms with Crippen LogP contribution in [-0.4, -0.2) is 30.4 Å². The van der Waals surface area contributed by atoms with E-state index in [4.69, 9.17) is 18.9 Å². The third kappa shape index (κ3) is 2.00. The Hall–Kier alpha value is -0.650. The van der Waals surface area contributed by atoms with Gasteiger partial charge >= 0.3 is 5.97 Å². The van der Waals surface area contributed by atoms with Gasteiger partial charge in [0.15, 0.2) is 12.1 Å². The first kappa shape index (κ1) is 10.9. The highest BCUT2D eigenvalue weighted by Crippen LogP contribution is 2.40. The lowest BCUT2D eigenvalue weighted by Crippen LogP contribution is -2.30. The maximum absolute atomic E-state index is 10.8. The van der Waals surface area contributed by atoms with E-state index in [0.717, 1.165) is 0 Å². The number of ether oxygens (including phenoxy) is 4. The molecule has 0 saturated carbocycles. The molecule has 0 aromatic carbocycles. The summed E-state index contributed by atoms with van der Waals surface area (Å²) in [4.78, 5) is 10.8. The van der Waals surface area contributed by atoms with Crippen molar-refractivity contribution in [2.75, 3.05) is 0 Å². The second-order valence-corrected chi connectivity index (χ2v) is 4.44. The molecular weight excluding hydrogens is 200 g/mol. The maximum atomic E-state index is 10.8. The van der Waals surface area contributed by atoms with E-state index in [1.807, 2.05) is 20.8 Å². The molecule has 0 aromatic rings. The van der Waals surface area contributed by atoms with Crippen LogP contribution in [0.3, 0.4) is 0 Å². The molecule has 2 heterocycles. The molecular formula is C10H16O5. The van der Waals surface area contributed by atoms with Gasteiger partial charge in [0.05, 0.1) is 5.92 Å². The second kappa shape index (κ2) is 3.43. The van der Waals surface area contributed by atoms with Crippen LogP contribution < -0.4 is 0 Å². The Morgan fingerprint density at radius 1 is 1.33 bits per heavy atom. The maximum Gasteiger partial charge on any atom is 0.304 e. The minimum atomic E-state index is -0.620. The quantitative estimate of drug-likeness (QED) is 0.612. The molecule has 0 radical (unpaired) electrons. The van der Waals surface area contributed by atoms with Crippen LogP contribution in [0.4, 0.5) is 0 Å². The van der Waals surface area contributed by atoms with Crippen molar-refractivity contribution in [1.29, 1.82) is 0 Å². The summed E-state index contributed by atoms with van der Waals surface area (Å²) in [7, 11) is 0. The van der Waals surface area contributed by atoms with Crippen LogP contribution >= 0.6 is 0 Å². The zero-order chi connectivity index (χ0) is 11.2. The number of carbonyl (C=O) groups excluding carboxylic acids is 1. The Labute approximate surface area is 88.6 Å². The molecule has 0 bridgehead atoms. The van der Waals surface area contributed by atoms with E-state index in [1.165, 1.54) is 6.92 Å². The highest BCUT2D eigenvalue weighted by molar-refractivity contribution is 5.66. The molecule has 2 aliphatic heterocycles. The number of hydrogen-bond donors (Lipinski definition) is 0. The molecule has 4 atom stereocenters. The average Bonchev–Trinajstić information content (AvgIpc) is 2.48. The van der Waals surface area contributed by atoms with Crippen molar-refractivity contribution in [1.82, 2.24) is 0 Å². The van der Waals surface area contributed by atoms with Crippen molar-refractivity contribution in [3.63, 3.8) is 0 Å². The monoisotopic (exact) mass is 216 g/mol. The highest BCUT2D eigenvalue weighted by Gasteiger charge is 2.54. The molecule has 0 N–H and O–H groups in total. The molecule has 2 rings (SSSR count). The number of esters is 1. The van der Waals surface area contributed by atoms with Crippen molar-refractivity contribution in [2.45, 2.75) is 52.2 Å². The van der Waals surface area contributed by atoms with Crippen LogP contribution in [0.25, 0.3) is 0 Å². The van der Waals surface area contributed by atoms with E-state index >= 15 is 0 Å². The Morgan fingerprint density at radius 3 is 2.53 bits per heavy atom. The molecule has 2 aliphatic rings. The van der Waals surface area contributed by atoms with Crippen LogP contribution in [-0.2, 0) is 23.7 Å². The van der Waals surface area contributed by atoms with Crippen molar-refractivity contribution in [3.05, 3.63) is 0 Å². The minimum Gasteiger partial charge on any atom is -0.435 e. The van der Waals surface area contributed by atoms with Gasteiger partial charge in [0.2, 0.25) is 6.29 Å². The van der Waals surface area contributed by atoms with Gasteiger partial charge in [0.25, 0.3) is 0 Å². The molecule has 0 aromatic heterocycles. The average molecular weight is 216 g/mol. The van der Waals surface area contributed by atoms with Crippen molar-refractivity contribution in [2.24, 2.45) is 5.92 Å². The summed E-state index contributed by atoms with van der Waals surface area (Å²) in [5.41, 5.74) is 0. The van der Waals surface area contributed by atoms with E-state index in [1.54, 1.807) is 0 Å². The fourth-order valence-electron chi connectivity index (χ4n) is 1.93. The number of fused-ring (bicyclic) bond motifs is 1. The zero-order valence-corrected chi connectivity index (χ0v) is 9.35. The lowest BCUT2D eigenvalue weighted by Gasteiger charge is -2.23. The molecule has 1 unspecified atom stereocenters. The molecule has 2 fully saturated rings. The first-order chi connectivity index (χ1) is 6.89. The molecule has 0 aliphatic carbocycles. The van der Waals surface area contributed by atoms with Crippen molar-refractivity contribution < 1.29 is 23.7 Å². The molecule has 15 heavy (non-hydrogen) atoms. The van der Waals surface area contributed by atoms with E-state index in [2.05, 4.69) is 0 Å². The standard InChI is InChI=1S/C10H16O5/c1-5-7-9(15-10(3,4)14-7)13-8(5)12-6(2)11/h5,7-9H,1-4H3/t5-,7?,8+,9+/m1/s1. The summed E-state index contributed by atoms with van der Waals surface area (Å²) in [6, 6.07) is 0. The zero-order valence-electron chi connectivity index (χ0n) is 9.35. The fourth-order valence-corrected chi connectivity index (χ4v) is 1.93. The fraction of sp³-hybridized carbons (Fsp3) is 0.900. The molecule has 0 amide bonds. The van der Waals surface area contributed by atoms with Gasteiger partial charge in [0, 0.05) is 6.92 Å². The number of hydrogen-bond acceptors (Lipinski definition) is 5. The van der Waals surface area contributed by atoms with Crippen molar-refractivity contribution >= 4 is 5.97 Å². The summed E-state index contributed by atoms with van der Waals surface area (Å²) in [6.45, 7) is 6.95. The smallest absolute Gasteiger partial charge is 0.304 e. The SMILES string of the molecule is CC(=O)O[C@H]1O[C@H]2OC(C)(C)OC2[C@H]1C. The van der Waals surface area contributed by atoms with Crippen LogP contribution in [0.2, 0.25) is 0 Å². The van der Waals surface area contributed by atoms with Gasteiger partial charge in [-0.05, 0) is 13.8 Å². The number of rotatable bonds is 1. The van der Waals surface area contributed by atoms with Gasteiger partial charge in [-0.3, -0.25) is 4.79 Å². The third-order valence-electron chi connectivity index (χ3n) is 2.59. The first-order valence-corrected chi connectivity index (χ1v) is 5.07. The normalized spacial score (nSPS) is 42.7. The molecule has 5 nitrogen and oxygen atoms in total. The molecule has 2 saturated heterocycles. The Kier molecular flexibility index (Phi) is 2.48. The van der Waals surface area contributed by atoms with E-state index in [0.29, 0.717) is 0 Å². The lowest BCUT2D eigenvalue weighted by atomic mass is 10.1. The van der Waals surface area contributed by atoms with Gasteiger partial charge in [-0.15, -0.1) is 0 Å². The largest absolute Gasteiger partial charge is 0.435 e. The topological polar surface area (TPSA) is 54.0 Å². The lowest BCUT2D eigenvalue weighted by molar-refractivity contribution is -0.248. The number of carbonyl (C=O) groups is 1. The van der Waals surface area contributed by atoms with Crippen LogP contribution in [0.5, 0.6) is 0 Å². The van der Waals surface area contributed by atoms with Crippen LogP contribution in [0.15, 0.2) is 0 Å². The van der Waals surface area contributed by atoms with E-state index < -0.39 is 18.4 Å².